The zero-order chi connectivity index (χ0) is 14.5. The second-order valence-electron chi connectivity index (χ2n) is 4.83. The highest BCUT2D eigenvalue weighted by Crippen LogP contribution is 2.25. The number of halogens is 1. The van der Waals surface area contributed by atoms with Crippen molar-refractivity contribution in [1.29, 1.82) is 0 Å². The van der Waals surface area contributed by atoms with Crippen molar-refractivity contribution in [2.45, 2.75) is 25.3 Å². The Morgan fingerprint density at radius 3 is 2.75 bits per heavy atom. The molecule has 1 fully saturated rings. The second-order valence-corrected chi connectivity index (χ2v) is 4.83. The number of hydrogen-bond acceptors (Lipinski definition) is 3. The van der Waals surface area contributed by atoms with Gasteiger partial charge in [0.15, 0.2) is 18.2 Å². The van der Waals surface area contributed by atoms with E-state index in [1.807, 2.05) is 0 Å². The van der Waals surface area contributed by atoms with Crippen LogP contribution in [-0.4, -0.2) is 29.6 Å². The molecule has 2 rings (SSSR count). The number of rotatable bonds is 5. The fourth-order valence-corrected chi connectivity index (χ4v) is 2.31. The Kier molecular flexibility index (Phi) is 4.55. The van der Waals surface area contributed by atoms with Gasteiger partial charge in [-0.1, -0.05) is 12.1 Å². The van der Waals surface area contributed by atoms with Crippen LogP contribution < -0.4 is 10.1 Å². The van der Waals surface area contributed by atoms with Crippen LogP contribution in [0.5, 0.6) is 5.75 Å². The Hall–Kier alpha value is -2.11. The van der Waals surface area contributed by atoms with Gasteiger partial charge in [0.25, 0.3) is 5.91 Å². The lowest BCUT2D eigenvalue weighted by atomic mass is 10.1. The number of amides is 1. The minimum absolute atomic E-state index is 0.0254. The van der Waals surface area contributed by atoms with Gasteiger partial charge in [0.05, 0.1) is 5.92 Å². The molecular formula is C14H16FNO4. The molecule has 1 aliphatic carbocycles. The molecule has 0 spiro atoms. The van der Waals surface area contributed by atoms with E-state index in [0.717, 1.165) is 0 Å². The largest absolute Gasteiger partial charge is 0.481 e. The standard InChI is InChI=1S/C14H16FNO4/c15-11-3-1-2-4-12(11)20-8-13(17)16-10-6-5-9(7-10)14(18)19/h1-4,9-10H,5-8H2,(H,16,17)(H,18,19). The molecule has 2 N–H and O–H groups in total. The van der Waals surface area contributed by atoms with E-state index in [-0.39, 0.29) is 24.3 Å². The molecule has 2 unspecified atom stereocenters. The highest BCUT2D eigenvalue weighted by atomic mass is 19.1. The van der Waals surface area contributed by atoms with Crippen molar-refractivity contribution >= 4 is 11.9 Å². The minimum Gasteiger partial charge on any atom is -0.481 e. The zero-order valence-corrected chi connectivity index (χ0v) is 10.8. The van der Waals surface area contributed by atoms with Gasteiger partial charge in [-0.05, 0) is 31.4 Å². The highest BCUT2D eigenvalue weighted by molar-refractivity contribution is 5.78. The van der Waals surface area contributed by atoms with Crippen LogP contribution in [0.1, 0.15) is 19.3 Å². The molecule has 0 heterocycles. The third kappa shape index (κ3) is 3.69. The van der Waals surface area contributed by atoms with Crippen molar-refractivity contribution in [3.63, 3.8) is 0 Å². The summed E-state index contributed by atoms with van der Waals surface area (Å²) in [4.78, 5) is 22.5. The Morgan fingerprint density at radius 2 is 2.10 bits per heavy atom. The third-order valence-corrected chi connectivity index (χ3v) is 3.34. The van der Waals surface area contributed by atoms with Crippen LogP contribution in [0.25, 0.3) is 0 Å². The Labute approximate surface area is 115 Å². The lowest BCUT2D eigenvalue weighted by Gasteiger charge is -2.13. The fraction of sp³-hybridized carbons (Fsp3) is 0.429. The molecule has 2 atom stereocenters. The van der Waals surface area contributed by atoms with E-state index < -0.39 is 17.7 Å². The summed E-state index contributed by atoms with van der Waals surface area (Å²) in [5.41, 5.74) is 0. The number of nitrogens with one attached hydrogen (secondary N) is 1. The smallest absolute Gasteiger partial charge is 0.306 e. The van der Waals surface area contributed by atoms with Crippen molar-refractivity contribution in [2.75, 3.05) is 6.61 Å². The number of carbonyl (C=O) groups excluding carboxylic acids is 1. The van der Waals surface area contributed by atoms with Gasteiger partial charge < -0.3 is 15.2 Å². The summed E-state index contributed by atoms with van der Waals surface area (Å²) >= 11 is 0. The summed E-state index contributed by atoms with van der Waals surface area (Å²) in [5, 5.41) is 11.6. The average Bonchev–Trinajstić information content (AvgIpc) is 2.86. The summed E-state index contributed by atoms with van der Waals surface area (Å²) < 4.78 is 18.3. The van der Waals surface area contributed by atoms with Crippen molar-refractivity contribution in [1.82, 2.24) is 5.32 Å². The number of carboxylic acid groups (broad SMARTS) is 1. The van der Waals surface area contributed by atoms with Gasteiger partial charge in [0.2, 0.25) is 0 Å². The molecular weight excluding hydrogens is 265 g/mol. The highest BCUT2D eigenvalue weighted by Gasteiger charge is 2.30. The molecule has 5 nitrogen and oxygen atoms in total. The normalized spacial score (nSPS) is 21.4. The van der Waals surface area contributed by atoms with Gasteiger partial charge in [0, 0.05) is 6.04 Å². The van der Waals surface area contributed by atoms with Crippen LogP contribution in [0.4, 0.5) is 4.39 Å². The van der Waals surface area contributed by atoms with E-state index in [1.165, 1.54) is 18.2 Å². The summed E-state index contributed by atoms with van der Waals surface area (Å²) in [6, 6.07) is 5.70. The number of ether oxygens (including phenoxy) is 1. The number of carbonyl (C=O) groups is 2. The van der Waals surface area contributed by atoms with Gasteiger partial charge in [0.1, 0.15) is 0 Å². The lowest BCUT2D eigenvalue weighted by Crippen LogP contribution is -2.36. The Balaban J connectivity index is 1.77. The van der Waals surface area contributed by atoms with Gasteiger partial charge in [-0.25, -0.2) is 4.39 Å². The van der Waals surface area contributed by atoms with Gasteiger partial charge >= 0.3 is 5.97 Å². The fourth-order valence-electron chi connectivity index (χ4n) is 2.31. The quantitative estimate of drug-likeness (QED) is 0.859. The second kappa shape index (κ2) is 6.36. The van der Waals surface area contributed by atoms with Gasteiger partial charge in [-0.15, -0.1) is 0 Å². The van der Waals surface area contributed by atoms with Crippen LogP contribution in [0.15, 0.2) is 24.3 Å². The van der Waals surface area contributed by atoms with Gasteiger partial charge in [-0.2, -0.15) is 0 Å². The SMILES string of the molecule is O=C(COc1ccccc1F)NC1CCC(C(=O)O)C1. The maximum atomic E-state index is 13.3. The van der Waals surface area contributed by atoms with Crippen LogP contribution in [-0.2, 0) is 9.59 Å². The molecule has 0 aromatic heterocycles. The molecule has 6 heteroatoms. The minimum atomic E-state index is -0.829. The molecule has 0 radical (unpaired) electrons. The van der Waals surface area contributed by atoms with Crippen LogP contribution in [0, 0.1) is 11.7 Å². The molecule has 1 amide bonds. The van der Waals surface area contributed by atoms with Crippen molar-refractivity contribution in [3.05, 3.63) is 30.1 Å². The van der Waals surface area contributed by atoms with Crippen molar-refractivity contribution in [3.8, 4) is 5.75 Å². The molecule has 0 bridgehead atoms. The van der Waals surface area contributed by atoms with Crippen molar-refractivity contribution in [2.24, 2.45) is 5.92 Å². The predicted molar refractivity (Wildman–Crippen MR) is 68.8 cm³/mol. The summed E-state index contributed by atoms with van der Waals surface area (Å²) in [6.07, 6.45) is 1.64. The monoisotopic (exact) mass is 281 g/mol. The van der Waals surface area contributed by atoms with Gasteiger partial charge in [-0.3, -0.25) is 9.59 Å². The zero-order valence-electron chi connectivity index (χ0n) is 10.8. The van der Waals surface area contributed by atoms with E-state index in [4.69, 9.17) is 9.84 Å². The molecule has 1 aliphatic rings. The molecule has 20 heavy (non-hydrogen) atoms. The first-order valence-electron chi connectivity index (χ1n) is 6.45. The van der Waals surface area contributed by atoms with Crippen LogP contribution in [0.2, 0.25) is 0 Å². The molecule has 1 aromatic rings. The first kappa shape index (κ1) is 14.3. The van der Waals surface area contributed by atoms with Crippen molar-refractivity contribution < 1.29 is 23.8 Å². The Bertz CT molecular complexity index is 506. The lowest BCUT2D eigenvalue weighted by molar-refractivity contribution is -0.141. The summed E-state index contributed by atoms with van der Waals surface area (Å²) in [5.74, 6) is -2.09. The maximum absolute atomic E-state index is 13.3. The molecule has 1 saturated carbocycles. The third-order valence-electron chi connectivity index (χ3n) is 3.34. The number of hydrogen-bond donors (Lipinski definition) is 2. The molecule has 108 valence electrons. The average molecular weight is 281 g/mol. The van der Waals surface area contributed by atoms with Crippen LogP contribution >= 0.6 is 0 Å². The Morgan fingerprint density at radius 1 is 1.35 bits per heavy atom. The summed E-state index contributed by atoms with van der Waals surface area (Å²) in [7, 11) is 0. The molecule has 0 aliphatic heterocycles. The van der Waals surface area contributed by atoms with Crippen LogP contribution in [0.3, 0.4) is 0 Å². The molecule has 1 aromatic carbocycles. The predicted octanol–water partition coefficient (Wildman–Crippen LogP) is 1.57. The van der Waals surface area contributed by atoms with E-state index in [9.17, 15) is 14.0 Å². The van der Waals surface area contributed by atoms with E-state index >= 15 is 0 Å². The topological polar surface area (TPSA) is 75.6 Å². The number of aliphatic carboxylic acids is 1. The first-order chi connectivity index (χ1) is 9.56. The van der Waals surface area contributed by atoms with E-state index in [1.54, 1.807) is 6.07 Å². The van der Waals surface area contributed by atoms with E-state index in [0.29, 0.717) is 19.3 Å². The number of benzene rings is 1. The maximum Gasteiger partial charge on any atom is 0.306 e. The summed E-state index contributed by atoms with van der Waals surface area (Å²) in [6.45, 7) is -0.283. The first-order valence-corrected chi connectivity index (χ1v) is 6.45. The number of para-hydroxylation sites is 1. The van der Waals surface area contributed by atoms with E-state index in [2.05, 4.69) is 5.32 Å². The molecule has 0 saturated heterocycles. The number of carboxylic acids is 1.